The van der Waals surface area contributed by atoms with E-state index in [9.17, 15) is 0 Å². The molecule has 0 aliphatic rings. The summed E-state index contributed by atoms with van der Waals surface area (Å²) in [5.74, 6) is 0.730. The van der Waals surface area contributed by atoms with Crippen molar-refractivity contribution in [2.24, 2.45) is 5.92 Å². The van der Waals surface area contributed by atoms with Crippen LogP contribution < -0.4 is 5.32 Å². The first-order valence-corrected chi connectivity index (χ1v) is 7.28. The molecule has 0 radical (unpaired) electrons. The van der Waals surface area contributed by atoms with Gasteiger partial charge in [0.2, 0.25) is 0 Å². The Hall–Kier alpha value is -0.830. The van der Waals surface area contributed by atoms with Crippen LogP contribution in [0.4, 0.5) is 0 Å². The normalized spacial score (nSPS) is 13.3. The van der Waals surface area contributed by atoms with Gasteiger partial charge in [0.25, 0.3) is 0 Å². The van der Waals surface area contributed by atoms with Crippen molar-refractivity contribution in [1.82, 2.24) is 15.1 Å². The zero-order chi connectivity index (χ0) is 13.7. The molecule has 0 spiro atoms. The third-order valence-electron chi connectivity index (χ3n) is 3.56. The largest absolute Gasteiger partial charge is 0.310 e. The van der Waals surface area contributed by atoms with Gasteiger partial charge in [-0.1, -0.05) is 27.7 Å². The van der Waals surface area contributed by atoms with Gasteiger partial charge in [0.1, 0.15) is 0 Å². The topological polar surface area (TPSA) is 29.9 Å². The number of aryl methyl sites for hydroxylation is 2. The minimum atomic E-state index is 0.447. The van der Waals surface area contributed by atoms with Crippen LogP contribution in [0.15, 0.2) is 0 Å². The van der Waals surface area contributed by atoms with E-state index in [4.69, 9.17) is 5.10 Å². The molecule has 0 bridgehead atoms. The maximum Gasteiger partial charge on any atom is 0.0644 e. The lowest BCUT2D eigenvalue weighted by Crippen LogP contribution is -2.21. The second-order valence-corrected chi connectivity index (χ2v) is 5.51. The average Bonchev–Trinajstić information content (AvgIpc) is 2.59. The predicted molar refractivity (Wildman–Crippen MR) is 77.9 cm³/mol. The summed E-state index contributed by atoms with van der Waals surface area (Å²) in [6.45, 7) is 15.3. The van der Waals surface area contributed by atoms with Gasteiger partial charge in [-0.2, -0.15) is 5.10 Å². The van der Waals surface area contributed by atoms with Gasteiger partial charge in [-0.05, 0) is 39.2 Å². The van der Waals surface area contributed by atoms with E-state index in [-0.39, 0.29) is 0 Å². The van der Waals surface area contributed by atoms with Gasteiger partial charge >= 0.3 is 0 Å². The molecule has 1 heterocycles. The fourth-order valence-electron chi connectivity index (χ4n) is 2.51. The molecule has 0 aromatic carbocycles. The maximum atomic E-state index is 4.71. The van der Waals surface area contributed by atoms with Crippen molar-refractivity contribution in [2.75, 3.05) is 6.54 Å². The Labute approximate surface area is 112 Å². The van der Waals surface area contributed by atoms with E-state index < -0.39 is 0 Å². The molecule has 0 aliphatic heterocycles. The summed E-state index contributed by atoms with van der Waals surface area (Å²) in [5.41, 5.74) is 3.92. The molecular weight excluding hydrogens is 222 g/mol. The second kappa shape index (κ2) is 6.93. The fourth-order valence-corrected chi connectivity index (χ4v) is 2.51. The van der Waals surface area contributed by atoms with Crippen LogP contribution in [0.25, 0.3) is 0 Å². The van der Waals surface area contributed by atoms with E-state index in [1.165, 1.54) is 23.4 Å². The Kier molecular flexibility index (Phi) is 5.86. The van der Waals surface area contributed by atoms with Gasteiger partial charge < -0.3 is 5.32 Å². The maximum absolute atomic E-state index is 4.71. The molecule has 0 amide bonds. The lowest BCUT2D eigenvalue weighted by molar-refractivity contribution is 0.476. The van der Waals surface area contributed by atoms with Crippen molar-refractivity contribution < 1.29 is 0 Å². The standard InChI is InChI=1S/C15H29N3/c1-7-14(16-8-2)15-12(5)17-18(13(15)6)10-9-11(3)4/h11,14,16H,7-10H2,1-6H3. The lowest BCUT2D eigenvalue weighted by atomic mass is 10.0. The van der Waals surface area contributed by atoms with E-state index in [1.807, 2.05) is 0 Å². The van der Waals surface area contributed by atoms with Crippen molar-refractivity contribution in [3.8, 4) is 0 Å². The molecule has 1 unspecified atom stereocenters. The van der Waals surface area contributed by atoms with Crippen LogP contribution in [-0.2, 0) is 6.54 Å². The summed E-state index contributed by atoms with van der Waals surface area (Å²) in [5, 5.41) is 8.27. The summed E-state index contributed by atoms with van der Waals surface area (Å²) < 4.78 is 2.19. The zero-order valence-electron chi connectivity index (χ0n) is 12.9. The highest BCUT2D eigenvalue weighted by molar-refractivity contribution is 5.28. The van der Waals surface area contributed by atoms with Gasteiger partial charge in [0.15, 0.2) is 0 Å². The highest BCUT2D eigenvalue weighted by atomic mass is 15.3. The van der Waals surface area contributed by atoms with Crippen LogP contribution in [-0.4, -0.2) is 16.3 Å². The Balaban J connectivity index is 2.92. The number of hydrogen-bond acceptors (Lipinski definition) is 2. The molecule has 3 nitrogen and oxygen atoms in total. The molecule has 3 heteroatoms. The third kappa shape index (κ3) is 3.58. The van der Waals surface area contributed by atoms with Gasteiger partial charge in [-0.25, -0.2) is 0 Å². The van der Waals surface area contributed by atoms with Crippen molar-refractivity contribution in [2.45, 2.75) is 67.0 Å². The first-order valence-electron chi connectivity index (χ1n) is 7.28. The third-order valence-corrected chi connectivity index (χ3v) is 3.56. The zero-order valence-corrected chi connectivity index (χ0v) is 12.9. The van der Waals surface area contributed by atoms with Crippen LogP contribution in [0.1, 0.15) is 63.5 Å². The molecule has 1 aromatic heterocycles. The Morgan fingerprint density at radius 1 is 1.22 bits per heavy atom. The molecule has 104 valence electrons. The minimum Gasteiger partial charge on any atom is -0.310 e. The van der Waals surface area contributed by atoms with Gasteiger partial charge in [-0.15, -0.1) is 0 Å². The van der Waals surface area contributed by atoms with Crippen molar-refractivity contribution >= 4 is 0 Å². The van der Waals surface area contributed by atoms with E-state index in [0.29, 0.717) is 6.04 Å². The van der Waals surface area contributed by atoms with Crippen LogP contribution in [0, 0.1) is 19.8 Å². The predicted octanol–water partition coefficient (Wildman–Crippen LogP) is 3.61. The quantitative estimate of drug-likeness (QED) is 0.802. The number of aromatic nitrogens is 2. The lowest BCUT2D eigenvalue weighted by Gasteiger charge is -2.17. The molecular formula is C15H29N3. The highest BCUT2D eigenvalue weighted by Gasteiger charge is 2.18. The van der Waals surface area contributed by atoms with Crippen LogP contribution in [0.5, 0.6) is 0 Å². The molecule has 1 rings (SSSR count). The molecule has 0 saturated heterocycles. The van der Waals surface area contributed by atoms with E-state index in [0.717, 1.165) is 25.4 Å². The highest BCUT2D eigenvalue weighted by Crippen LogP contribution is 2.24. The van der Waals surface area contributed by atoms with Crippen molar-refractivity contribution in [3.05, 3.63) is 17.0 Å². The molecule has 1 N–H and O–H groups in total. The number of rotatable bonds is 7. The Morgan fingerprint density at radius 3 is 2.39 bits per heavy atom. The smallest absolute Gasteiger partial charge is 0.0644 e. The second-order valence-electron chi connectivity index (χ2n) is 5.51. The summed E-state index contributed by atoms with van der Waals surface area (Å²) in [6, 6.07) is 0.447. The molecule has 1 atom stereocenters. The molecule has 0 saturated carbocycles. The number of hydrogen-bond donors (Lipinski definition) is 1. The molecule has 0 aliphatic carbocycles. The van der Waals surface area contributed by atoms with Gasteiger partial charge in [0, 0.05) is 23.8 Å². The van der Waals surface area contributed by atoms with Crippen molar-refractivity contribution in [1.29, 1.82) is 0 Å². The number of nitrogens with one attached hydrogen (secondary N) is 1. The van der Waals surface area contributed by atoms with Gasteiger partial charge in [-0.3, -0.25) is 4.68 Å². The minimum absolute atomic E-state index is 0.447. The van der Waals surface area contributed by atoms with Crippen molar-refractivity contribution in [3.63, 3.8) is 0 Å². The first-order chi connectivity index (χ1) is 8.51. The Morgan fingerprint density at radius 2 is 1.89 bits per heavy atom. The first kappa shape index (κ1) is 15.2. The van der Waals surface area contributed by atoms with Gasteiger partial charge in [0.05, 0.1) is 5.69 Å². The van der Waals surface area contributed by atoms with Crippen LogP contribution in [0.3, 0.4) is 0 Å². The average molecular weight is 251 g/mol. The number of nitrogens with zero attached hydrogens (tertiary/aromatic N) is 2. The monoisotopic (exact) mass is 251 g/mol. The summed E-state index contributed by atoms with van der Waals surface area (Å²) >= 11 is 0. The fraction of sp³-hybridized carbons (Fsp3) is 0.800. The SMILES string of the molecule is CCNC(CC)c1c(C)nn(CCC(C)C)c1C. The Bertz CT molecular complexity index is 366. The summed E-state index contributed by atoms with van der Waals surface area (Å²) in [6.07, 6.45) is 2.31. The molecule has 0 fully saturated rings. The van der Waals surface area contributed by atoms with E-state index in [1.54, 1.807) is 0 Å². The van der Waals surface area contributed by atoms with Crippen LogP contribution >= 0.6 is 0 Å². The summed E-state index contributed by atoms with van der Waals surface area (Å²) in [7, 11) is 0. The van der Waals surface area contributed by atoms with E-state index in [2.05, 4.69) is 51.5 Å². The van der Waals surface area contributed by atoms with Crippen LogP contribution in [0.2, 0.25) is 0 Å². The van der Waals surface area contributed by atoms with E-state index >= 15 is 0 Å². The molecule has 1 aromatic rings. The summed E-state index contributed by atoms with van der Waals surface area (Å²) in [4.78, 5) is 0. The molecule has 18 heavy (non-hydrogen) atoms.